The maximum atomic E-state index is 11.7. The molecular weight excluding hydrogens is 316 g/mol. The molecule has 2 N–H and O–H groups in total. The Labute approximate surface area is 146 Å². The van der Waals surface area contributed by atoms with Gasteiger partial charge >= 0.3 is 5.97 Å². The van der Waals surface area contributed by atoms with Crippen molar-refractivity contribution >= 4 is 17.7 Å². The van der Waals surface area contributed by atoms with Crippen LogP contribution in [0.2, 0.25) is 0 Å². The van der Waals surface area contributed by atoms with Gasteiger partial charge in [0.2, 0.25) is 5.91 Å². The first-order valence-electron chi connectivity index (χ1n) is 8.57. The van der Waals surface area contributed by atoms with Crippen molar-refractivity contribution in [3.05, 3.63) is 48.2 Å². The average Bonchev–Trinajstić information content (AvgIpc) is 3.15. The van der Waals surface area contributed by atoms with Crippen molar-refractivity contribution in [2.75, 3.05) is 5.32 Å². The van der Waals surface area contributed by atoms with Crippen molar-refractivity contribution in [3.63, 3.8) is 0 Å². The molecule has 2 bridgehead atoms. The van der Waals surface area contributed by atoms with E-state index in [0.29, 0.717) is 11.7 Å². The van der Waals surface area contributed by atoms with Crippen LogP contribution in [-0.2, 0) is 15.0 Å². The molecule has 5 rings (SSSR count). The Morgan fingerprint density at radius 3 is 2.72 bits per heavy atom. The number of fused-ring (bicyclic) bond motifs is 1. The molecule has 2 aromatic rings. The molecule has 1 aromatic carbocycles. The minimum absolute atomic E-state index is 0.151. The van der Waals surface area contributed by atoms with E-state index in [1.807, 2.05) is 18.2 Å². The monoisotopic (exact) mass is 336 g/mol. The summed E-state index contributed by atoms with van der Waals surface area (Å²) >= 11 is 0. The minimum Gasteiger partial charge on any atom is -0.481 e. The van der Waals surface area contributed by atoms with Gasteiger partial charge in [-0.05, 0) is 48.4 Å². The maximum Gasteiger partial charge on any atom is 0.307 e. The van der Waals surface area contributed by atoms with Gasteiger partial charge in [0.05, 0.1) is 5.92 Å². The summed E-state index contributed by atoms with van der Waals surface area (Å²) in [5.74, 6) is -0.209. The molecule has 0 radical (unpaired) electrons. The van der Waals surface area contributed by atoms with Crippen LogP contribution < -0.4 is 5.32 Å². The number of aromatic nitrogens is 1. The van der Waals surface area contributed by atoms with E-state index in [4.69, 9.17) is 0 Å². The van der Waals surface area contributed by atoms with E-state index in [1.54, 1.807) is 12.3 Å². The Kier molecular flexibility index (Phi) is 3.60. The van der Waals surface area contributed by atoms with E-state index in [0.717, 1.165) is 36.0 Å². The van der Waals surface area contributed by atoms with Gasteiger partial charge in [0.15, 0.2) is 0 Å². The number of hydrogen-bond acceptors (Lipinski definition) is 3. The molecule has 0 saturated heterocycles. The molecular formula is C20H20N2O3. The van der Waals surface area contributed by atoms with Crippen LogP contribution in [0.25, 0.3) is 11.1 Å². The topological polar surface area (TPSA) is 79.3 Å². The van der Waals surface area contributed by atoms with Gasteiger partial charge in [-0.15, -0.1) is 0 Å². The fourth-order valence-electron chi connectivity index (χ4n) is 4.68. The Balaban J connectivity index is 1.64. The second kappa shape index (κ2) is 5.69. The first-order valence-corrected chi connectivity index (χ1v) is 8.57. The zero-order chi connectivity index (χ0) is 17.6. The summed E-state index contributed by atoms with van der Waals surface area (Å²) in [5, 5.41) is 12.2. The van der Waals surface area contributed by atoms with Gasteiger partial charge in [-0.2, -0.15) is 0 Å². The third-order valence-electron chi connectivity index (χ3n) is 5.76. The van der Waals surface area contributed by atoms with Crippen molar-refractivity contribution in [1.29, 1.82) is 0 Å². The van der Waals surface area contributed by atoms with Gasteiger partial charge in [-0.1, -0.05) is 24.3 Å². The molecule has 3 saturated carbocycles. The molecule has 0 aliphatic heterocycles. The number of rotatable bonds is 4. The third kappa shape index (κ3) is 2.51. The molecule has 3 aliphatic carbocycles. The first-order chi connectivity index (χ1) is 12.0. The number of nitrogens with one attached hydrogen (secondary N) is 1. The summed E-state index contributed by atoms with van der Waals surface area (Å²) in [5.41, 5.74) is 2.90. The van der Waals surface area contributed by atoms with E-state index in [9.17, 15) is 14.7 Å². The number of carboxylic acids is 1. The smallest absolute Gasteiger partial charge is 0.307 e. The highest BCUT2D eigenvalue weighted by Gasteiger charge is 2.62. The van der Waals surface area contributed by atoms with Gasteiger partial charge < -0.3 is 10.4 Å². The molecule has 25 heavy (non-hydrogen) atoms. The normalized spacial score (nSPS) is 26.8. The van der Waals surface area contributed by atoms with E-state index in [-0.39, 0.29) is 17.2 Å². The fraction of sp³-hybridized carbons (Fsp3) is 0.350. The zero-order valence-corrected chi connectivity index (χ0v) is 14.0. The molecule has 3 atom stereocenters. The second-order valence-electron chi connectivity index (χ2n) is 7.17. The SMILES string of the molecule is CC(=O)Nc1ccc(-c2cccc([C@@]34CC[C@@H](C3)[C@@H]4C(=O)O)c2)cn1. The van der Waals surface area contributed by atoms with Crippen LogP contribution in [0.1, 0.15) is 31.7 Å². The fourth-order valence-corrected chi connectivity index (χ4v) is 4.68. The standard InChI is InChI=1S/C20H20N2O3/c1-12(23)22-17-6-5-15(11-21-17)13-3-2-4-16(9-13)20-8-7-14(10-20)18(20)19(24)25/h2-6,9,11,14,18H,7-8,10H2,1H3,(H,24,25)(H,21,22,23)/t14-,18+,20+/m0/s1. The Hall–Kier alpha value is -2.69. The summed E-state index contributed by atoms with van der Waals surface area (Å²) in [7, 11) is 0. The largest absolute Gasteiger partial charge is 0.481 e. The van der Waals surface area contributed by atoms with Crippen LogP contribution in [0, 0.1) is 11.8 Å². The van der Waals surface area contributed by atoms with Crippen LogP contribution >= 0.6 is 0 Å². The number of carbonyl (C=O) groups excluding carboxylic acids is 1. The lowest BCUT2D eigenvalue weighted by molar-refractivity contribution is -0.150. The maximum absolute atomic E-state index is 11.7. The van der Waals surface area contributed by atoms with Crippen molar-refractivity contribution in [2.24, 2.45) is 11.8 Å². The van der Waals surface area contributed by atoms with Crippen LogP contribution in [0.5, 0.6) is 0 Å². The lowest BCUT2D eigenvalue weighted by Gasteiger charge is -2.45. The number of carboxylic acid groups (broad SMARTS) is 1. The lowest BCUT2D eigenvalue weighted by atomic mass is 9.57. The number of aliphatic carboxylic acids is 1. The third-order valence-corrected chi connectivity index (χ3v) is 5.76. The Morgan fingerprint density at radius 2 is 2.08 bits per heavy atom. The van der Waals surface area contributed by atoms with Crippen molar-refractivity contribution in [1.82, 2.24) is 4.98 Å². The quantitative estimate of drug-likeness (QED) is 0.896. The summed E-state index contributed by atoms with van der Waals surface area (Å²) in [6.07, 6.45) is 4.67. The van der Waals surface area contributed by atoms with E-state index >= 15 is 0 Å². The van der Waals surface area contributed by atoms with Gasteiger partial charge in [-0.3, -0.25) is 9.59 Å². The van der Waals surface area contributed by atoms with E-state index < -0.39 is 5.97 Å². The van der Waals surface area contributed by atoms with Crippen molar-refractivity contribution in [3.8, 4) is 11.1 Å². The number of amides is 1. The van der Waals surface area contributed by atoms with Gasteiger partial charge in [0.25, 0.3) is 0 Å². The predicted molar refractivity (Wildman–Crippen MR) is 94.1 cm³/mol. The summed E-state index contributed by atoms with van der Waals surface area (Å²) in [6.45, 7) is 1.45. The van der Waals surface area contributed by atoms with E-state index in [1.165, 1.54) is 6.92 Å². The number of nitrogens with zero attached hydrogens (tertiary/aromatic N) is 1. The highest BCUT2D eigenvalue weighted by molar-refractivity contribution is 5.87. The highest BCUT2D eigenvalue weighted by Crippen LogP contribution is 2.64. The number of anilines is 1. The Bertz CT molecular complexity index is 842. The van der Waals surface area contributed by atoms with Gasteiger partial charge in [-0.25, -0.2) is 4.98 Å². The summed E-state index contributed by atoms with van der Waals surface area (Å²) in [6, 6.07) is 11.9. The first kappa shape index (κ1) is 15.8. The zero-order valence-electron chi connectivity index (χ0n) is 14.0. The highest BCUT2D eigenvalue weighted by atomic mass is 16.4. The van der Waals surface area contributed by atoms with Crippen LogP contribution in [0.4, 0.5) is 5.82 Å². The van der Waals surface area contributed by atoms with Crippen LogP contribution in [0.3, 0.4) is 0 Å². The molecule has 5 heteroatoms. The lowest BCUT2D eigenvalue weighted by Crippen LogP contribution is -2.48. The van der Waals surface area contributed by atoms with Crippen molar-refractivity contribution in [2.45, 2.75) is 31.6 Å². The summed E-state index contributed by atoms with van der Waals surface area (Å²) in [4.78, 5) is 27.0. The molecule has 0 unspecified atom stereocenters. The molecule has 3 aliphatic rings. The Morgan fingerprint density at radius 1 is 1.24 bits per heavy atom. The molecule has 0 spiro atoms. The van der Waals surface area contributed by atoms with Gasteiger partial charge in [0, 0.05) is 24.1 Å². The van der Waals surface area contributed by atoms with E-state index in [2.05, 4.69) is 22.4 Å². The van der Waals surface area contributed by atoms with Crippen LogP contribution in [-0.4, -0.2) is 22.0 Å². The minimum atomic E-state index is -0.666. The number of carbonyl (C=O) groups is 2. The second-order valence-corrected chi connectivity index (χ2v) is 7.17. The predicted octanol–water partition coefficient (Wildman–Crippen LogP) is 3.46. The molecule has 1 heterocycles. The molecule has 1 aromatic heterocycles. The number of pyridine rings is 1. The van der Waals surface area contributed by atoms with Crippen molar-refractivity contribution < 1.29 is 14.7 Å². The van der Waals surface area contributed by atoms with Gasteiger partial charge in [0.1, 0.15) is 5.82 Å². The average molecular weight is 336 g/mol. The molecule has 128 valence electrons. The molecule has 1 amide bonds. The summed E-state index contributed by atoms with van der Waals surface area (Å²) < 4.78 is 0. The molecule has 5 nitrogen and oxygen atoms in total. The number of benzene rings is 1. The number of hydrogen-bond donors (Lipinski definition) is 2. The van der Waals surface area contributed by atoms with Crippen LogP contribution in [0.15, 0.2) is 42.6 Å². The molecule has 3 fully saturated rings.